The number of pyridine rings is 1. The maximum atomic E-state index is 10.6. The summed E-state index contributed by atoms with van der Waals surface area (Å²) < 4.78 is 49.2. The zero-order chi connectivity index (χ0) is 22.6. The van der Waals surface area contributed by atoms with Crippen LogP contribution < -0.4 is 4.74 Å². The third-order valence-corrected chi connectivity index (χ3v) is 5.35. The number of hydrogen-bond acceptors (Lipinski definition) is 7. The number of alkyl halides is 3. The van der Waals surface area contributed by atoms with Crippen molar-refractivity contribution in [2.24, 2.45) is 0 Å². The SMILES string of the molecule is Cc1noc(C)c1CN1CCO[C@H]2[C@@H](Oc3ccccn3)CC[C@@H]21.O=C(O)C(F)(F)F. The molecule has 4 rings (SSSR count). The van der Waals surface area contributed by atoms with E-state index in [1.165, 1.54) is 5.56 Å². The first-order valence-electron chi connectivity index (χ1n) is 9.82. The Bertz CT molecular complexity index is 855. The summed E-state index contributed by atoms with van der Waals surface area (Å²) in [6.07, 6.45) is -1.10. The molecule has 8 nitrogen and oxygen atoms in total. The molecule has 0 radical (unpaired) electrons. The Morgan fingerprint density at radius 1 is 1.32 bits per heavy atom. The van der Waals surface area contributed by atoms with Gasteiger partial charge in [-0.15, -0.1) is 0 Å². The number of rotatable bonds is 4. The molecular formula is C20H24F3N3O5. The molecule has 2 aliphatic rings. The standard InChI is InChI=1S/C18H23N3O3.C2HF3O2/c1-12-14(13(2)24-20-12)11-21-9-10-22-18-15(21)6-7-16(18)23-17-5-3-4-8-19-17;3-2(4,5)1(6)7/h3-5,8,15-16,18H,6-7,9-11H2,1-2H3;(H,6,7)/t15-,16-,18+;/m0./s1. The fourth-order valence-corrected chi connectivity index (χ4v) is 3.82. The highest BCUT2D eigenvalue weighted by molar-refractivity contribution is 5.73. The van der Waals surface area contributed by atoms with Crippen LogP contribution in [0.15, 0.2) is 28.9 Å². The van der Waals surface area contributed by atoms with Crippen LogP contribution in [0, 0.1) is 13.8 Å². The molecule has 3 atom stereocenters. The van der Waals surface area contributed by atoms with Crippen molar-refractivity contribution < 1.29 is 37.1 Å². The van der Waals surface area contributed by atoms with Crippen molar-refractivity contribution in [3.05, 3.63) is 41.4 Å². The van der Waals surface area contributed by atoms with Crippen LogP contribution in [0.25, 0.3) is 0 Å². The van der Waals surface area contributed by atoms with E-state index in [0.29, 0.717) is 11.9 Å². The molecule has 170 valence electrons. The molecule has 3 heterocycles. The molecule has 2 aromatic heterocycles. The van der Waals surface area contributed by atoms with E-state index in [1.54, 1.807) is 6.20 Å². The van der Waals surface area contributed by atoms with Crippen LogP contribution in [-0.4, -0.2) is 63.7 Å². The van der Waals surface area contributed by atoms with Crippen molar-refractivity contribution in [2.45, 2.75) is 57.7 Å². The van der Waals surface area contributed by atoms with Gasteiger partial charge in [0.1, 0.15) is 18.0 Å². The summed E-state index contributed by atoms with van der Waals surface area (Å²) in [5.74, 6) is -1.17. The third kappa shape index (κ3) is 5.73. The molecule has 0 spiro atoms. The molecule has 0 unspecified atom stereocenters. The molecule has 0 aromatic carbocycles. The van der Waals surface area contributed by atoms with Crippen molar-refractivity contribution in [3.8, 4) is 5.88 Å². The average Bonchev–Trinajstić information content (AvgIpc) is 3.27. The van der Waals surface area contributed by atoms with Gasteiger partial charge in [0.2, 0.25) is 5.88 Å². The second kappa shape index (κ2) is 9.65. The predicted molar refractivity (Wildman–Crippen MR) is 101 cm³/mol. The zero-order valence-corrected chi connectivity index (χ0v) is 17.1. The number of nitrogens with zero attached hydrogens (tertiary/aromatic N) is 3. The zero-order valence-electron chi connectivity index (χ0n) is 17.1. The van der Waals surface area contributed by atoms with Gasteiger partial charge in [-0.3, -0.25) is 4.90 Å². The third-order valence-electron chi connectivity index (χ3n) is 5.35. The molecule has 0 amide bonds. The van der Waals surface area contributed by atoms with Crippen LogP contribution in [0.1, 0.15) is 29.9 Å². The van der Waals surface area contributed by atoms with Crippen LogP contribution in [-0.2, 0) is 16.1 Å². The number of carboxylic acid groups (broad SMARTS) is 1. The van der Waals surface area contributed by atoms with Crippen LogP contribution in [0.5, 0.6) is 5.88 Å². The number of ether oxygens (including phenoxy) is 2. The van der Waals surface area contributed by atoms with Gasteiger partial charge in [0, 0.05) is 37.0 Å². The first-order chi connectivity index (χ1) is 14.7. The summed E-state index contributed by atoms with van der Waals surface area (Å²) in [5, 5.41) is 11.2. The van der Waals surface area contributed by atoms with Crippen molar-refractivity contribution in [3.63, 3.8) is 0 Å². The van der Waals surface area contributed by atoms with E-state index >= 15 is 0 Å². The number of aryl methyl sites for hydroxylation is 2. The van der Waals surface area contributed by atoms with Gasteiger partial charge in [0.15, 0.2) is 0 Å². The van der Waals surface area contributed by atoms with E-state index < -0.39 is 12.1 Å². The van der Waals surface area contributed by atoms with Crippen LogP contribution >= 0.6 is 0 Å². The van der Waals surface area contributed by atoms with E-state index in [0.717, 1.165) is 44.0 Å². The fraction of sp³-hybridized carbons (Fsp3) is 0.550. The lowest BCUT2D eigenvalue weighted by atomic mass is 10.1. The quantitative estimate of drug-likeness (QED) is 0.770. The Balaban J connectivity index is 0.000000339. The van der Waals surface area contributed by atoms with E-state index in [-0.39, 0.29) is 12.2 Å². The summed E-state index contributed by atoms with van der Waals surface area (Å²) in [6.45, 7) is 6.51. The minimum absolute atomic E-state index is 0.0670. The monoisotopic (exact) mass is 443 g/mol. The highest BCUT2D eigenvalue weighted by Crippen LogP contribution is 2.34. The molecule has 1 saturated carbocycles. The maximum Gasteiger partial charge on any atom is 0.490 e. The smallest absolute Gasteiger partial charge is 0.475 e. The number of hydrogen-bond donors (Lipinski definition) is 1. The highest BCUT2D eigenvalue weighted by Gasteiger charge is 2.44. The molecular weight excluding hydrogens is 419 g/mol. The summed E-state index contributed by atoms with van der Waals surface area (Å²) in [6, 6.07) is 6.12. The van der Waals surface area contributed by atoms with E-state index in [4.69, 9.17) is 23.9 Å². The van der Waals surface area contributed by atoms with Crippen molar-refractivity contribution in [1.29, 1.82) is 0 Å². The molecule has 1 saturated heterocycles. The normalized spacial score (nSPS) is 23.6. The van der Waals surface area contributed by atoms with Crippen molar-refractivity contribution in [2.75, 3.05) is 13.2 Å². The second-order valence-electron chi connectivity index (χ2n) is 7.38. The number of carboxylic acids is 1. The van der Waals surface area contributed by atoms with E-state index in [1.807, 2.05) is 32.0 Å². The molecule has 1 aliphatic heterocycles. The number of carbonyl (C=O) groups is 1. The number of halogens is 3. The van der Waals surface area contributed by atoms with Crippen molar-refractivity contribution in [1.82, 2.24) is 15.0 Å². The number of aliphatic carboxylic acids is 1. The summed E-state index contributed by atoms with van der Waals surface area (Å²) in [5.41, 5.74) is 2.18. The fourth-order valence-electron chi connectivity index (χ4n) is 3.82. The van der Waals surface area contributed by atoms with Gasteiger partial charge < -0.3 is 19.1 Å². The Hall–Kier alpha value is -2.66. The van der Waals surface area contributed by atoms with Gasteiger partial charge in [-0.2, -0.15) is 13.2 Å². The van der Waals surface area contributed by atoms with Gasteiger partial charge in [-0.25, -0.2) is 9.78 Å². The average molecular weight is 443 g/mol. The number of morpholine rings is 1. The van der Waals surface area contributed by atoms with E-state index in [2.05, 4.69) is 15.0 Å². The van der Waals surface area contributed by atoms with Crippen LogP contribution in [0.4, 0.5) is 13.2 Å². The Kier molecular flexibility index (Phi) is 7.16. The highest BCUT2D eigenvalue weighted by atomic mass is 19.4. The molecule has 1 aliphatic carbocycles. The predicted octanol–water partition coefficient (Wildman–Crippen LogP) is 3.13. The van der Waals surface area contributed by atoms with Gasteiger partial charge in [-0.05, 0) is 32.8 Å². The van der Waals surface area contributed by atoms with Gasteiger partial charge in [0.05, 0.1) is 12.3 Å². The first kappa shape index (κ1) is 23.0. The second-order valence-corrected chi connectivity index (χ2v) is 7.38. The molecule has 0 bridgehead atoms. The van der Waals surface area contributed by atoms with Gasteiger partial charge in [0.25, 0.3) is 0 Å². The number of aromatic nitrogens is 2. The summed E-state index contributed by atoms with van der Waals surface area (Å²) in [4.78, 5) is 15.7. The molecule has 2 fully saturated rings. The molecule has 31 heavy (non-hydrogen) atoms. The van der Waals surface area contributed by atoms with Crippen LogP contribution in [0.2, 0.25) is 0 Å². The molecule has 2 aromatic rings. The summed E-state index contributed by atoms with van der Waals surface area (Å²) >= 11 is 0. The minimum Gasteiger partial charge on any atom is -0.475 e. The van der Waals surface area contributed by atoms with E-state index in [9.17, 15) is 13.2 Å². The lowest BCUT2D eigenvalue weighted by Crippen LogP contribution is -2.51. The largest absolute Gasteiger partial charge is 0.490 e. The Morgan fingerprint density at radius 3 is 2.65 bits per heavy atom. The number of fused-ring (bicyclic) bond motifs is 1. The first-order valence-corrected chi connectivity index (χ1v) is 9.82. The summed E-state index contributed by atoms with van der Waals surface area (Å²) in [7, 11) is 0. The van der Waals surface area contributed by atoms with Gasteiger partial charge >= 0.3 is 12.1 Å². The van der Waals surface area contributed by atoms with Crippen LogP contribution in [0.3, 0.4) is 0 Å². The molecule has 1 N–H and O–H groups in total. The lowest BCUT2D eigenvalue weighted by molar-refractivity contribution is -0.192. The Labute approximate surface area is 176 Å². The molecule has 11 heteroatoms. The Morgan fingerprint density at radius 2 is 2.06 bits per heavy atom. The lowest BCUT2D eigenvalue weighted by Gasteiger charge is -2.38. The minimum atomic E-state index is -5.08. The van der Waals surface area contributed by atoms with Crippen molar-refractivity contribution >= 4 is 5.97 Å². The maximum absolute atomic E-state index is 10.6. The topological polar surface area (TPSA) is 97.9 Å². The van der Waals surface area contributed by atoms with Gasteiger partial charge in [-0.1, -0.05) is 11.2 Å².